The molecule has 0 saturated carbocycles. The summed E-state index contributed by atoms with van der Waals surface area (Å²) in [6, 6.07) is 3.48. The smallest absolute Gasteiger partial charge is 0.432 e. The van der Waals surface area contributed by atoms with Crippen molar-refractivity contribution in [3.8, 4) is 11.5 Å². The molecule has 4 nitrogen and oxygen atoms in total. The summed E-state index contributed by atoms with van der Waals surface area (Å²) in [5.41, 5.74) is -1.14. The molecule has 0 radical (unpaired) electrons. The summed E-state index contributed by atoms with van der Waals surface area (Å²) in [7, 11) is 0. The first-order chi connectivity index (χ1) is 13.6. The van der Waals surface area contributed by atoms with Crippen LogP contribution in [0.4, 0.5) is 26.3 Å². The molecule has 4 rings (SSSR count). The molecule has 29 heavy (non-hydrogen) atoms. The molecule has 0 fully saturated rings. The van der Waals surface area contributed by atoms with Gasteiger partial charge in [0.15, 0.2) is 5.58 Å². The number of pyridine rings is 1. The quantitative estimate of drug-likeness (QED) is 0.493. The first-order valence-corrected chi connectivity index (χ1v) is 8.36. The summed E-state index contributed by atoms with van der Waals surface area (Å²) in [5, 5.41) is 0. The summed E-state index contributed by atoms with van der Waals surface area (Å²) >= 11 is 0. The van der Waals surface area contributed by atoms with Gasteiger partial charge in [0.1, 0.15) is 11.2 Å². The lowest BCUT2D eigenvalue weighted by atomic mass is 9.98. The Hall–Kier alpha value is -3.17. The third-order valence-electron chi connectivity index (χ3n) is 4.38. The highest BCUT2D eigenvalue weighted by atomic mass is 19.4. The summed E-state index contributed by atoms with van der Waals surface area (Å²) in [6.45, 7) is 0. The molecule has 1 unspecified atom stereocenters. The van der Waals surface area contributed by atoms with E-state index in [-0.39, 0.29) is 23.4 Å². The number of rotatable bonds is 2. The summed E-state index contributed by atoms with van der Waals surface area (Å²) in [4.78, 5) is 11.8. The molecule has 150 valence electrons. The molecule has 0 spiro atoms. The van der Waals surface area contributed by atoms with Crippen LogP contribution in [0.25, 0.3) is 22.6 Å². The number of fused-ring (bicyclic) bond motifs is 1. The normalized spacial score (nSPS) is 17.6. The van der Waals surface area contributed by atoms with E-state index >= 15 is 0 Å². The fourth-order valence-electron chi connectivity index (χ4n) is 3.02. The number of benzene rings is 1. The highest BCUT2D eigenvalue weighted by Crippen LogP contribution is 2.37. The van der Waals surface area contributed by atoms with Gasteiger partial charge in [-0.25, -0.2) is 4.98 Å². The standard InChI is InChI=1S/C19H11F6N3O/c20-18(21,22)10-4-5-15-14(8-10)28-17(29-15)11-6-7-26-9-12(11)13-2-1-3-16(27-13)19(23,24)25/h1,3-9,13H,2H2. The van der Waals surface area contributed by atoms with Crippen molar-refractivity contribution in [2.45, 2.75) is 24.8 Å². The minimum atomic E-state index is -4.59. The molecule has 1 aromatic carbocycles. The van der Waals surface area contributed by atoms with Crippen LogP contribution in [0.2, 0.25) is 0 Å². The monoisotopic (exact) mass is 411 g/mol. The number of hydrogen-bond donors (Lipinski definition) is 0. The van der Waals surface area contributed by atoms with E-state index in [0.717, 1.165) is 24.3 Å². The second-order valence-corrected chi connectivity index (χ2v) is 6.33. The largest absolute Gasteiger partial charge is 0.436 e. The van der Waals surface area contributed by atoms with Crippen LogP contribution < -0.4 is 0 Å². The van der Waals surface area contributed by atoms with E-state index in [9.17, 15) is 26.3 Å². The third-order valence-corrected chi connectivity index (χ3v) is 4.38. The molecule has 0 aliphatic carbocycles. The Morgan fingerprint density at radius 2 is 1.79 bits per heavy atom. The number of nitrogens with zero attached hydrogens (tertiary/aromatic N) is 3. The van der Waals surface area contributed by atoms with Crippen molar-refractivity contribution in [1.29, 1.82) is 0 Å². The summed E-state index contributed by atoms with van der Waals surface area (Å²) < 4.78 is 83.3. The molecule has 3 heterocycles. The van der Waals surface area contributed by atoms with E-state index < -0.39 is 29.7 Å². The first-order valence-electron chi connectivity index (χ1n) is 8.36. The molecule has 1 aliphatic heterocycles. The number of halogens is 6. The van der Waals surface area contributed by atoms with Crippen molar-refractivity contribution in [3.63, 3.8) is 0 Å². The molecule has 10 heteroatoms. The van der Waals surface area contributed by atoms with Crippen molar-refractivity contribution in [2.75, 3.05) is 0 Å². The maximum absolute atomic E-state index is 13.0. The van der Waals surface area contributed by atoms with E-state index in [1.165, 1.54) is 24.5 Å². The Kier molecular flexibility index (Phi) is 4.44. The average Bonchev–Trinajstić information content (AvgIpc) is 3.10. The van der Waals surface area contributed by atoms with E-state index in [0.29, 0.717) is 11.1 Å². The average molecular weight is 411 g/mol. The van der Waals surface area contributed by atoms with Crippen LogP contribution in [0.1, 0.15) is 23.6 Å². The lowest BCUT2D eigenvalue weighted by Crippen LogP contribution is -2.23. The highest BCUT2D eigenvalue weighted by Gasteiger charge is 2.36. The van der Waals surface area contributed by atoms with Crippen LogP contribution in [0.15, 0.2) is 58.2 Å². The van der Waals surface area contributed by atoms with Gasteiger partial charge in [-0.3, -0.25) is 9.98 Å². The SMILES string of the molecule is FC(F)(F)C1=NC(c2cnccc2-c2nc3cc(C(F)(F)F)ccc3o2)CC=C1. The molecule has 0 amide bonds. The number of alkyl halides is 6. The van der Waals surface area contributed by atoms with Gasteiger partial charge >= 0.3 is 12.4 Å². The Labute approximate surface area is 159 Å². The van der Waals surface area contributed by atoms with Gasteiger partial charge in [0.2, 0.25) is 5.89 Å². The molecular formula is C19H11F6N3O. The number of allylic oxidation sites excluding steroid dienone is 1. The maximum Gasteiger partial charge on any atom is 0.432 e. The molecule has 0 N–H and O–H groups in total. The Bertz CT molecular complexity index is 1130. The predicted molar refractivity (Wildman–Crippen MR) is 92.2 cm³/mol. The number of hydrogen-bond acceptors (Lipinski definition) is 4. The summed E-state index contributed by atoms with van der Waals surface area (Å²) in [5.74, 6) is -0.0185. The van der Waals surface area contributed by atoms with Crippen molar-refractivity contribution >= 4 is 16.8 Å². The van der Waals surface area contributed by atoms with Crippen LogP contribution in [0.3, 0.4) is 0 Å². The predicted octanol–water partition coefficient (Wildman–Crippen LogP) is 5.91. The van der Waals surface area contributed by atoms with Crippen molar-refractivity contribution in [3.05, 3.63) is 59.9 Å². The number of aliphatic imine (C=N–C) groups is 1. The van der Waals surface area contributed by atoms with Gasteiger partial charge in [-0.1, -0.05) is 6.08 Å². The van der Waals surface area contributed by atoms with Gasteiger partial charge in [0, 0.05) is 23.5 Å². The first kappa shape index (κ1) is 19.2. The molecule has 3 aromatic rings. The zero-order valence-corrected chi connectivity index (χ0v) is 14.4. The van der Waals surface area contributed by atoms with Crippen LogP contribution in [0, 0.1) is 0 Å². The highest BCUT2D eigenvalue weighted by molar-refractivity contribution is 6.00. The molecule has 0 bridgehead atoms. The van der Waals surface area contributed by atoms with Crippen molar-refractivity contribution < 1.29 is 30.8 Å². The van der Waals surface area contributed by atoms with Gasteiger partial charge in [-0.05, 0) is 36.8 Å². The van der Waals surface area contributed by atoms with Crippen LogP contribution in [0.5, 0.6) is 0 Å². The molecule has 0 saturated heterocycles. The second-order valence-electron chi connectivity index (χ2n) is 6.33. The Morgan fingerprint density at radius 1 is 1.00 bits per heavy atom. The maximum atomic E-state index is 13.0. The van der Waals surface area contributed by atoms with Crippen molar-refractivity contribution in [1.82, 2.24) is 9.97 Å². The lowest BCUT2D eigenvalue weighted by molar-refractivity contribution is -0.137. The van der Waals surface area contributed by atoms with Gasteiger partial charge in [-0.2, -0.15) is 26.3 Å². The lowest BCUT2D eigenvalue weighted by Gasteiger charge is -2.19. The van der Waals surface area contributed by atoms with E-state index in [2.05, 4.69) is 15.0 Å². The van der Waals surface area contributed by atoms with Gasteiger partial charge in [0.05, 0.1) is 11.6 Å². The fraction of sp³-hybridized carbons (Fsp3) is 0.211. The number of oxazole rings is 1. The van der Waals surface area contributed by atoms with Gasteiger partial charge in [0.25, 0.3) is 0 Å². The van der Waals surface area contributed by atoms with Gasteiger partial charge < -0.3 is 4.42 Å². The van der Waals surface area contributed by atoms with Crippen LogP contribution >= 0.6 is 0 Å². The van der Waals surface area contributed by atoms with E-state index in [1.807, 2.05) is 0 Å². The minimum absolute atomic E-state index is 0.0133. The summed E-state index contributed by atoms with van der Waals surface area (Å²) in [6.07, 6.45) is -3.91. The van der Waals surface area contributed by atoms with E-state index in [4.69, 9.17) is 4.42 Å². The topological polar surface area (TPSA) is 51.3 Å². The zero-order chi connectivity index (χ0) is 20.8. The van der Waals surface area contributed by atoms with E-state index in [1.54, 1.807) is 0 Å². The third kappa shape index (κ3) is 3.74. The molecular weight excluding hydrogens is 400 g/mol. The van der Waals surface area contributed by atoms with Gasteiger partial charge in [-0.15, -0.1) is 0 Å². The molecule has 1 aliphatic rings. The Morgan fingerprint density at radius 3 is 2.52 bits per heavy atom. The minimum Gasteiger partial charge on any atom is -0.436 e. The van der Waals surface area contributed by atoms with Crippen LogP contribution in [-0.2, 0) is 6.18 Å². The fourth-order valence-corrected chi connectivity index (χ4v) is 3.02. The molecule has 2 aromatic heterocycles. The second kappa shape index (κ2) is 6.71. The number of dihydropyridines is 1. The van der Waals surface area contributed by atoms with Crippen LogP contribution in [-0.4, -0.2) is 21.9 Å². The van der Waals surface area contributed by atoms with Crippen molar-refractivity contribution in [2.24, 2.45) is 4.99 Å². The molecule has 1 atom stereocenters. The zero-order valence-electron chi connectivity index (χ0n) is 14.4. The Balaban J connectivity index is 1.78. The number of aromatic nitrogens is 2.